The van der Waals surface area contributed by atoms with Gasteiger partial charge in [-0.1, -0.05) is 6.92 Å². The first-order chi connectivity index (χ1) is 11.5. The number of aryl methyl sites for hydroxylation is 1. The Morgan fingerprint density at radius 2 is 2.17 bits per heavy atom. The Kier molecular flexibility index (Phi) is 4.48. The van der Waals surface area contributed by atoms with Crippen molar-refractivity contribution >= 4 is 17.1 Å². The molecule has 1 aliphatic heterocycles. The third kappa shape index (κ3) is 2.54. The summed E-state index contributed by atoms with van der Waals surface area (Å²) in [7, 11) is 3.76. The van der Waals surface area contributed by atoms with Crippen molar-refractivity contribution in [3.63, 3.8) is 0 Å². The first-order valence-electron chi connectivity index (χ1n) is 8.21. The van der Waals surface area contributed by atoms with Crippen LogP contribution in [0.15, 0.2) is 34.8 Å². The Bertz CT molecular complexity index is 781. The van der Waals surface area contributed by atoms with E-state index in [1.165, 1.54) is 4.88 Å². The number of Topliss-reactive ketones (excluding diaryl/α,β-unsaturated/α-hetero) is 1. The number of rotatable bonds is 3. The van der Waals surface area contributed by atoms with Gasteiger partial charge in [0.2, 0.25) is 0 Å². The second-order valence-electron chi connectivity index (χ2n) is 6.30. The topological polar surface area (TPSA) is 73.4 Å². The summed E-state index contributed by atoms with van der Waals surface area (Å²) < 4.78 is 0. The number of carbonyl (C=O) groups excluding carboxylic acids is 1. The van der Waals surface area contributed by atoms with Crippen LogP contribution in [0.3, 0.4) is 0 Å². The second kappa shape index (κ2) is 6.42. The summed E-state index contributed by atoms with van der Waals surface area (Å²) in [5.41, 5.74) is 8.53. The standard InChI is InChI=1S/C18H22N4OS/c1-4-11-8-9-15(24-11)16-12(10-19)18(20)22(21(2)3)13-6-5-7-14(23)17(13)16/h8-9,16H,4-7,20H2,1-3H3/t16-/m0/s1. The van der Waals surface area contributed by atoms with E-state index in [9.17, 15) is 10.1 Å². The molecule has 3 rings (SSSR count). The molecule has 126 valence electrons. The second-order valence-corrected chi connectivity index (χ2v) is 7.50. The molecule has 2 N–H and O–H groups in total. The number of ketones is 1. The quantitative estimate of drug-likeness (QED) is 0.914. The molecule has 0 saturated carbocycles. The third-order valence-electron chi connectivity index (χ3n) is 4.60. The molecular weight excluding hydrogens is 320 g/mol. The summed E-state index contributed by atoms with van der Waals surface area (Å²) in [5, 5.41) is 13.5. The van der Waals surface area contributed by atoms with Crippen LogP contribution < -0.4 is 5.73 Å². The lowest BCUT2D eigenvalue weighted by Gasteiger charge is -2.42. The van der Waals surface area contributed by atoms with Crippen LogP contribution in [-0.4, -0.2) is 29.9 Å². The lowest BCUT2D eigenvalue weighted by molar-refractivity contribution is -0.116. The lowest BCUT2D eigenvalue weighted by atomic mass is 9.79. The van der Waals surface area contributed by atoms with Crippen LogP contribution in [-0.2, 0) is 11.2 Å². The smallest absolute Gasteiger partial charge is 0.161 e. The first-order valence-corrected chi connectivity index (χ1v) is 9.03. The minimum atomic E-state index is -0.320. The van der Waals surface area contributed by atoms with Gasteiger partial charge in [0.25, 0.3) is 0 Å². The number of hydrogen-bond acceptors (Lipinski definition) is 6. The first kappa shape index (κ1) is 16.7. The summed E-state index contributed by atoms with van der Waals surface area (Å²) in [5.74, 6) is 0.256. The fourth-order valence-electron chi connectivity index (χ4n) is 3.55. The van der Waals surface area contributed by atoms with Gasteiger partial charge < -0.3 is 5.73 Å². The maximum atomic E-state index is 12.8. The van der Waals surface area contributed by atoms with Gasteiger partial charge in [-0.25, -0.2) is 5.01 Å². The van der Waals surface area contributed by atoms with Gasteiger partial charge in [-0.05, 0) is 31.4 Å². The minimum absolute atomic E-state index is 0.139. The van der Waals surface area contributed by atoms with E-state index >= 15 is 0 Å². The number of thiophene rings is 1. The molecule has 24 heavy (non-hydrogen) atoms. The number of nitrogens with two attached hydrogens (primary N) is 1. The van der Waals surface area contributed by atoms with Crippen molar-refractivity contribution < 1.29 is 4.79 Å². The predicted octanol–water partition coefficient (Wildman–Crippen LogP) is 2.89. The van der Waals surface area contributed by atoms with Crippen molar-refractivity contribution in [1.82, 2.24) is 10.0 Å². The maximum Gasteiger partial charge on any atom is 0.161 e. The largest absolute Gasteiger partial charge is 0.383 e. The molecule has 1 aliphatic carbocycles. The molecule has 2 aliphatic rings. The highest BCUT2D eigenvalue weighted by Crippen LogP contribution is 2.46. The van der Waals surface area contributed by atoms with Crippen LogP contribution in [0, 0.1) is 11.3 Å². The van der Waals surface area contributed by atoms with Crippen molar-refractivity contribution in [3.8, 4) is 6.07 Å². The molecule has 0 amide bonds. The predicted molar refractivity (Wildman–Crippen MR) is 94.7 cm³/mol. The monoisotopic (exact) mass is 342 g/mol. The molecule has 0 fully saturated rings. The van der Waals surface area contributed by atoms with Crippen molar-refractivity contribution in [2.45, 2.75) is 38.5 Å². The van der Waals surface area contributed by atoms with E-state index in [1.54, 1.807) is 11.3 Å². The summed E-state index contributed by atoms with van der Waals surface area (Å²) in [6.07, 6.45) is 3.12. The number of nitriles is 1. The average molecular weight is 342 g/mol. The van der Waals surface area contributed by atoms with E-state index in [-0.39, 0.29) is 11.7 Å². The SMILES string of the molecule is CCc1ccc([C@@H]2C(C#N)=C(N)N(N(C)C)C3=C2C(=O)CCC3)s1. The molecule has 0 unspecified atom stereocenters. The Hall–Kier alpha value is -2.10. The molecule has 0 saturated heterocycles. The Morgan fingerprint density at radius 1 is 1.42 bits per heavy atom. The highest BCUT2D eigenvalue weighted by Gasteiger charge is 2.41. The van der Waals surface area contributed by atoms with Crippen LogP contribution in [0.2, 0.25) is 0 Å². The van der Waals surface area contributed by atoms with E-state index in [4.69, 9.17) is 5.73 Å². The maximum absolute atomic E-state index is 12.8. The molecule has 0 aromatic carbocycles. The fraction of sp³-hybridized carbons (Fsp3) is 0.444. The summed E-state index contributed by atoms with van der Waals surface area (Å²) in [6, 6.07) is 6.39. The van der Waals surface area contributed by atoms with Gasteiger partial charge in [0.15, 0.2) is 5.78 Å². The Balaban J connectivity index is 2.22. The van der Waals surface area contributed by atoms with Gasteiger partial charge in [-0.2, -0.15) is 5.26 Å². The average Bonchev–Trinajstić information content (AvgIpc) is 3.02. The molecule has 1 aromatic rings. The van der Waals surface area contributed by atoms with Gasteiger partial charge in [-0.3, -0.25) is 9.80 Å². The van der Waals surface area contributed by atoms with Crippen LogP contribution in [0.25, 0.3) is 0 Å². The van der Waals surface area contributed by atoms with Gasteiger partial charge in [0.05, 0.1) is 17.6 Å². The van der Waals surface area contributed by atoms with E-state index in [1.807, 2.05) is 30.2 Å². The van der Waals surface area contributed by atoms with Gasteiger partial charge >= 0.3 is 0 Å². The molecule has 1 atom stereocenters. The van der Waals surface area contributed by atoms with Crippen molar-refractivity contribution in [3.05, 3.63) is 44.6 Å². The Labute approximate surface area is 146 Å². The zero-order chi connectivity index (χ0) is 17.4. The fourth-order valence-corrected chi connectivity index (χ4v) is 4.62. The number of nitrogens with zero attached hydrogens (tertiary/aromatic N) is 3. The molecule has 0 spiro atoms. The minimum Gasteiger partial charge on any atom is -0.383 e. The van der Waals surface area contributed by atoms with Crippen molar-refractivity contribution in [1.29, 1.82) is 5.26 Å². The van der Waals surface area contributed by atoms with E-state index in [0.717, 1.165) is 35.4 Å². The molecule has 1 aromatic heterocycles. The zero-order valence-electron chi connectivity index (χ0n) is 14.3. The van der Waals surface area contributed by atoms with E-state index < -0.39 is 0 Å². The van der Waals surface area contributed by atoms with E-state index in [2.05, 4.69) is 19.1 Å². The van der Waals surface area contributed by atoms with Gasteiger partial charge in [0.1, 0.15) is 5.82 Å². The van der Waals surface area contributed by atoms with Crippen LogP contribution >= 0.6 is 11.3 Å². The summed E-state index contributed by atoms with van der Waals surface area (Å²) in [6.45, 7) is 2.11. The van der Waals surface area contributed by atoms with Crippen LogP contribution in [0.4, 0.5) is 0 Å². The molecule has 6 heteroatoms. The van der Waals surface area contributed by atoms with Crippen molar-refractivity contribution in [2.24, 2.45) is 5.73 Å². The van der Waals surface area contributed by atoms with E-state index in [0.29, 0.717) is 17.8 Å². The number of allylic oxidation sites excluding steroid dienone is 3. The van der Waals surface area contributed by atoms with Gasteiger partial charge in [0, 0.05) is 41.5 Å². The van der Waals surface area contributed by atoms with Crippen LogP contribution in [0.5, 0.6) is 0 Å². The summed E-state index contributed by atoms with van der Waals surface area (Å²) in [4.78, 5) is 15.0. The lowest BCUT2D eigenvalue weighted by Crippen LogP contribution is -2.45. The van der Waals surface area contributed by atoms with Crippen LogP contribution in [0.1, 0.15) is 41.9 Å². The van der Waals surface area contributed by atoms with Crippen molar-refractivity contribution in [2.75, 3.05) is 14.1 Å². The molecule has 2 heterocycles. The zero-order valence-corrected chi connectivity index (χ0v) is 15.1. The summed E-state index contributed by atoms with van der Waals surface area (Å²) >= 11 is 1.67. The molecular formula is C18H22N4OS. The normalized spacial score (nSPS) is 21.4. The highest BCUT2D eigenvalue weighted by atomic mass is 32.1. The highest BCUT2D eigenvalue weighted by molar-refractivity contribution is 7.12. The third-order valence-corrected chi connectivity index (χ3v) is 5.90. The number of carbonyl (C=O) groups is 1. The molecule has 5 nitrogen and oxygen atoms in total. The number of hydrazine groups is 1. The molecule has 0 bridgehead atoms. The number of hydrogen-bond donors (Lipinski definition) is 1. The molecule has 0 radical (unpaired) electrons. The Morgan fingerprint density at radius 3 is 2.75 bits per heavy atom. The van der Waals surface area contributed by atoms with Gasteiger partial charge in [-0.15, -0.1) is 11.3 Å².